The highest BCUT2D eigenvalue weighted by Gasteiger charge is 2.25. The lowest BCUT2D eigenvalue weighted by molar-refractivity contribution is 0.179. The van der Waals surface area contributed by atoms with Crippen LogP contribution in [0.1, 0.15) is 98.6 Å². The predicted molar refractivity (Wildman–Crippen MR) is 385 cm³/mol. The molecule has 4 aromatic heterocycles. The Labute approximate surface area is 601 Å². The first-order valence-corrected chi connectivity index (χ1v) is 34.1. The first-order valence-electron chi connectivity index (χ1n) is 31.1. The van der Waals surface area contributed by atoms with Gasteiger partial charge in [0, 0.05) is 53.4 Å². The zero-order valence-electron chi connectivity index (χ0n) is 54.1. The average molecular weight is 1510 g/mol. The van der Waals surface area contributed by atoms with E-state index in [4.69, 9.17) is 92.8 Å². The van der Waals surface area contributed by atoms with E-state index in [1.165, 1.54) is 118 Å². The van der Waals surface area contributed by atoms with Gasteiger partial charge in [0.1, 0.15) is 57.0 Å². The maximum absolute atomic E-state index is 13.0. The molecule has 0 unspecified atom stereocenters. The maximum Gasteiger partial charge on any atom is 0.262 e. The molecule has 20 nitrogen and oxygen atoms in total. The summed E-state index contributed by atoms with van der Waals surface area (Å²) in [5, 5.41) is 48.7. The SMILES string of the molecule is CN(Cc1ccc(F)cc1)Cc1nc2c(O)c(Cl)cc(Cl)c2c(=O)n1C.CN(Cc1nc2c(O)c(Cl)cc(Cl)c2c(=O)n1C)C1CCCCC1.Cn1c(CNC2CCCCC2)nc2c(O)c(Cl)cc(Cl)c2c1=O.Cn1c(CNCc2ccc(F)cc2)nc2c(O)c(Cl)cc(Cl)c2c1=O. The molecule has 0 bridgehead atoms. The number of phenolic OH excluding ortho intramolecular Hbond substituents is 4. The number of hydrogen-bond donors (Lipinski definition) is 6. The standard InChI is InChI=1S/C18H16Cl2FN3O2.C17H14Cl2FN3O2.C17H21Cl2N3O2.C16H19Cl2N3O2/c1-23(8-10-3-5-11(21)6-4-10)9-14-22-16-15(18(26)24(14)2)12(19)7-13(20)17(16)25;1-23-13(8-21-7-9-2-4-10(20)5-3-9)22-15-14(17(23)25)11(18)6-12(19)16(15)24;1-21(10-6-4-3-5-7-10)9-13-20-15-14(17(24)22(13)2)11(18)8-12(19)16(15)23;1-21-12(8-19-9-5-3-2-4-6-9)20-14-13(16(21)23)10(17)7-11(18)15(14)22/h3-7,25H,8-9H2,1-2H3;2-6,21,24H,7-8H2,1H3;8,10,23H,3-7,9H2,1-2H3;7,9,19,22H,2-6,8H2,1H3. The van der Waals surface area contributed by atoms with E-state index in [1.807, 2.05) is 11.9 Å². The minimum atomic E-state index is -0.374. The fraction of sp³-hybridized carbons (Fsp3) is 0.353. The van der Waals surface area contributed by atoms with Crippen molar-refractivity contribution in [1.82, 2.24) is 58.6 Å². The van der Waals surface area contributed by atoms with Gasteiger partial charge in [-0.05, 0) is 99.4 Å². The summed E-state index contributed by atoms with van der Waals surface area (Å²) in [5.74, 6) is 0.457. The van der Waals surface area contributed by atoms with Crippen LogP contribution >= 0.6 is 92.8 Å². The van der Waals surface area contributed by atoms with Gasteiger partial charge < -0.3 is 31.1 Å². The Bertz CT molecular complexity index is 4880. The van der Waals surface area contributed by atoms with Gasteiger partial charge in [-0.3, -0.25) is 47.2 Å². The van der Waals surface area contributed by atoms with Crippen LogP contribution in [0.5, 0.6) is 23.0 Å². The van der Waals surface area contributed by atoms with Gasteiger partial charge in [-0.2, -0.15) is 0 Å². The lowest BCUT2D eigenvalue weighted by Gasteiger charge is -2.31. The van der Waals surface area contributed by atoms with Gasteiger partial charge in [-0.1, -0.05) is 156 Å². The van der Waals surface area contributed by atoms with Crippen molar-refractivity contribution in [2.75, 3.05) is 14.1 Å². The molecule has 0 radical (unpaired) electrons. The first-order chi connectivity index (χ1) is 46.5. The summed E-state index contributed by atoms with van der Waals surface area (Å²) < 4.78 is 31.6. The number of rotatable bonds is 14. The highest BCUT2D eigenvalue weighted by atomic mass is 35.5. The van der Waals surface area contributed by atoms with Gasteiger partial charge in [0.15, 0.2) is 23.0 Å². The molecular weight excluding hydrogens is 1430 g/mol. The quantitative estimate of drug-likeness (QED) is 0.0592. The van der Waals surface area contributed by atoms with Crippen LogP contribution < -0.4 is 32.9 Å². The van der Waals surface area contributed by atoms with E-state index in [0.717, 1.165) is 24.0 Å². The monoisotopic (exact) mass is 1500 g/mol. The van der Waals surface area contributed by atoms with Crippen molar-refractivity contribution in [2.45, 2.75) is 116 Å². The Morgan fingerprint density at radius 2 is 0.755 bits per heavy atom. The normalized spacial score (nSPS) is 13.7. The van der Waals surface area contributed by atoms with E-state index in [9.17, 15) is 48.4 Å². The third kappa shape index (κ3) is 17.3. The van der Waals surface area contributed by atoms with Gasteiger partial charge in [0.05, 0.1) is 87.9 Å². The molecule has 6 N–H and O–H groups in total. The molecule has 0 saturated heterocycles. The van der Waals surface area contributed by atoms with E-state index in [0.29, 0.717) is 68.1 Å². The summed E-state index contributed by atoms with van der Waals surface area (Å²) in [6.45, 7) is 2.62. The van der Waals surface area contributed by atoms with Crippen LogP contribution in [0.15, 0.2) is 92.0 Å². The molecule has 2 saturated carbocycles. The second kappa shape index (κ2) is 33.1. The molecule has 2 aliphatic carbocycles. The second-order valence-electron chi connectivity index (χ2n) is 24.2. The van der Waals surface area contributed by atoms with Crippen LogP contribution in [0.4, 0.5) is 8.78 Å². The van der Waals surface area contributed by atoms with Crippen LogP contribution in [0.25, 0.3) is 43.6 Å². The minimum absolute atomic E-state index is 0.0310. The third-order valence-corrected chi connectivity index (χ3v) is 19.7. The van der Waals surface area contributed by atoms with Crippen LogP contribution in [-0.2, 0) is 67.5 Å². The van der Waals surface area contributed by atoms with E-state index in [-0.39, 0.29) is 147 Å². The molecule has 0 atom stereocenters. The van der Waals surface area contributed by atoms with Crippen LogP contribution in [0.3, 0.4) is 0 Å². The van der Waals surface area contributed by atoms with Crippen molar-refractivity contribution in [3.8, 4) is 23.0 Å². The molecular formula is C68H70Cl8F2N12O8. The summed E-state index contributed by atoms with van der Waals surface area (Å²) in [7, 11) is 10.4. The van der Waals surface area contributed by atoms with Crippen molar-refractivity contribution in [2.24, 2.45) is 28.2 Å². The molecule has 520 valence electrons. The summed E-state index contributed by atoms with van der Waals surface area (Å²) in [6, 6.07) is 18.6. The highest BCUT2D eigenvalue weighted by Crippen LogP contribution is 2.39. The number of nitrogens with zero attached hydrogens (tertiary/aromatic N) is 10. The molecule has 12 rings (SSSR count). The Morgan fingerprint density at radius 1 is 0.429 bits per heavy atom. The van der Waals surface area contributed by atoms with Gasteiger partial charge in [-0.15, -0.1) is 0 Å². The number of aromatic nitrogens is 8. The topological polar surface area (TPSA) is 251 Å². The number of nitrogens with one attached hydrogen (secondary N) is 2. The zero-order valence-corrected chi connectivity index (χ0v) is 60.1. The molecule has 2 fully saturated rings. The summed E-state index contributed by atoms with van der Waals surface area (Å²) in [5.41, 5.74) is 0.993. The van der Waals surface area contributed by atoms with E-state index >= 15 is 0 Å². The van der Waals surface area contributed by atoms with Crippen molar-refractivity contribution >= 4 is 136 Å². The van der Waals surface area contributed by atoms with Crippen LogP contribution in [-0.4, -0.2) is 94.6 Å². The number of benzene rings is 6. The Balaban J connectivity index is 0.000000153. The zero-order chi connectivity index (χ0) is 71.1. The van der Waals surface area contributed by atoms with Crippen molar-refractivity contribution < 1.29 is 29.2 Å². The number of fused-ring (bicyclic) bond motifs is 4. The van der Waals surface area contributed by atoms with Crippen LogP contribution in [0, 0.1) is 11.6 Å². The van der Waals surface area contributed by atoms with Gasteiger partial charge in [0.25, 0.3) is 22.2 Å². The minimum Gasteiger partial charge on any atom is -0.504 e. The van der Waals surface area contributed by atoms with E-state index in [2.05, 4.69) is 42.5 Å². The van der Waals surface area contributed by atoms with Crippen LogP contribution in [0.2, 0.25) is 40.2 Å². The summed E-state index contributed by atoms with van der Waals surface area (Å²) in [6.07, 6.45) is 12.1. The lowest BCUT2D eigenvalue weighted by atomic mass is 9.94. The first kappa shape index (κ1) is 75.3. The van der Waals surface area contributed by atoms with Crippen molar-refractivity contribution in [1.29, 1.82) is 0 Å². The fourth-order valence-corrected chi connectivity index (χ4v) is 13.9. The van der Waals surface area contributed by atoms with Crippen molar-refractivity contribution in [3.63, 3.8) is 0 Å². The van der Waals surface area contributed by atoms with Gasteiger partial charge >= 0.3 is 0 Å². The van der Waals surface area contributed by atoms with Gasteiger partial charge in [-0.25, -0.2) is 28.7 Å². The second-order valence-corrected chi connectivity index (χ2v) is 27.4. The number of phenols is 4. The van der Waals surface area contributed by atoms with Crippen molar-refractivity contribution in [3.05, 3.63) is 200 Å². The van der Waals surface area contributed by atoms with Gasteiger partial charge in [0.2, 0.25) is 0 Å². The molecule has 4 heterocycles. The summed E-state index contributed by atoms with van der Waals surface area (Å²) >= 11 is 48.1. The molecule has 0 aliphatic heterocycles. The van der Waals surface area contributed by atoms with E-state index < -0.39 is 0 Å². The largest absolute Gasteiger partial charge is 0.504 e. The maximum atomic E-state index is 13.0. The predicted octanol–water partition coefficient (Wildman–Crippen LogP) is 14.2. The Morgan fingerprint density at radius 3 is 1.14 bits per heavy atom. The Hall–Kier alpha value is -6.90. The molecule has 30 heteroatoms. The molecule has 0 amide bonds. The molecule has 10 aromatic rings. The molecule has 6 aromatic carbocycles. The number of halogens is 10. The smallest absolute Gasteiger partial charge is 0.262 e. The van der Waals surface area contributed by atoms with E-state index in [1.54, 1.807) is 52.5 Å². The number of aromatic hydroxyl groups is 4. The third-order valence-electron chi connectivity index (χ3n) is 17.4. The average Bonchev–Trinajstić information content (AvgIpc) is 0.789. The number of hydrogen-bond acceptors (Lipinski definition) is 16. The molecule has 0 spiro atoms. The fourth-order valence-electron chi connectivity index (χ4n) is 11.7. The summed E-state index contributed by atoms with van der Waals surface area (Å²) in [4.78, 5) is 72.1. The molecule has 2 aliphatic rings. The highest BCUT2D eigenvalue weighted by molar-refractivity contribution is 6.41. The Kier molecular flexibility index (Phi) is 25.4. The molecule has 98 heavy (non-hydrogen) atoms. The lowest BCUT2D eigenvalue weighted by Crippen LogP contribution is -2.35.